The van der Waals surface area contributed by atoms with E-state index in [0.29, 0.717) is 0 Å². The maximum atomic E-state index is 5.15. The lowest BCUT2D eigenvalue weighted by Gasteiger charge is -2.08. The number of hydrogen-bond acceptors (Lipinski definition) is 2. The van der Waals surface area contributed by atoms with Crippen molar-refractivity contribution >= 4 is 0 Å². The molecule has 0 saturated carbocycles. The van der Waals surface area contributed by atoms with E-state index in [2.05, 4.69) is 5.92 Å². The molecule has 13 heavy (non-hydrogen) atoms. The monoisotopic (exact) mass is 180 g/mol. The van der Waals surface area contributed by atoms with Crippen LogP contribution in [0.3, 0.4) is 0 Å². The van der Waals surface area contributed by atoms with Gasteiger partial charge < -0.3 is 9.47 Å². The smallest absolute Gasteiger partial charge is 0.239 e. The van der Waals surface area contributed by atoms with Crippen LogP contribution in [0.5, 0.6) is 0 Å². The molecular formula is C11H16O2. The number of hydrogen-bond donors (Lipinski definition) is 0. The molecule has 0 unspecified atom stereocenters. The van der Waals surface area contributed by atoms with Crippen molar-refractivity contribution in [3.8, 4) is 12.3 Å². The summed E-state index contributed by atoms with van der Waals surface area (Å²) in [5.74, 6) is 2.64. The molecule has 0 spiro atoms. The van der Waals surface area contributed by atoms with Gasteiger partial charge >= 0.3 is 0 Å². The van der Waals surface area contributed by atoms with Crippen LogP contribution in [-0.4, -0.2) is 6.29 Å². The highest BCUT2D eigenvalue weighted by Gasteiger charge is 2.10. The van der Waals surface area contributed by atoms with Crippen molar-refractivity contribution < 1.29 is 9.47 Å². The number of rotatable bonds is 6. The minimum Gasteiger partial charge on any atom is -0.459 e. The van der Waals surface area contributed by atoms with Crippen LogP contribution in [0.2, 0.25) is 0 Å². The van der Waals surface area contributed by atoms with Gasteiger partial charge in [-0.3, -0.25) is 0 Å². The summed E-state index contributed by atoms with van der Waals surface area (Å²) < 4.78 is 10.3. The van der Waals surface area contributed by atoms with Crippen molar-refractivity contribution in [1.29, 1.82) is 0 Å². The highest BCUT2D eigenvalue weighted by Crippen LogP contribution is 2.14. The summed E-state index contributed by atoms with van der Waals surface area (Å²) in [6.45, 7) is 0. The van der Waals surface area contributed by atoms with Gasteiger partial charge in [-0.05, 0) is 12.8 Å². The van der Waals surface area contributed by atoms with Gasteiger partial charge in [0.25, 0.3) is 0 Å². The molecule has 0 aromatic rings. The molecule has 2 nitrogen and oxygen atoms in total. The van der Waals surface area contributed by atoms with E-state index >= 15 is 0 Å². The van der Waals surface area contributed by atoms with Crippen LogP contribution >= 0.6 is 0 Å². The Morgan fingerprint density at radius 2 is 1.77 bits per heavy atom. The number of ether oxygens (including phenoxy) is 2. The average molecular weight is 180 g/mol. The molecule has 2 heteroatoms. The lowest BCUT2D eigenvalue weighted by atomic mass is 10.1. The standard InChI is InChI=1S/C11H16O2/c1-2-3-4-5-6-7-8-11-12-9-10-13-11/h1,9-11H,3-8H2. The molecule has 1 rings (SSSR count). The molecule has 1 aliphatic rings. The van der Waals surface area contributed by atoms with E-state index in [4.69, 9.17) is 15.9 Å². The van der Waals surface area contributed by atoms with Gasteiger partial charge in [0, 0.05) is 12.8 Å². The van der Waals surface area contributed by atoms with E-state index < -0.39 is 0 Å². The van der Waals surface area contributed by atoms with Gasteiger partial charge in [0.2, 0.25) is 6.29 Å². The Morgan fingerprint density at radius 1 is 1.08 bits per heavy atom. The highest BCUT2D eigenvalue weighted by molar-refractivity contribution is 4.82. The topological polar surface area (TPSA) is 18.5 Å². The molecule has 0 bridgehead atoms. The molecule has 72 valence electrons. The molecule has 0 aromatic carbocycles. The Balaban J connectivity index is 1.82. The maximum absolute atomic E-state index is 5.15. The molecule has 0 amide bonds. The first-order chi connectivity index (χ1) is 6.43. The van der Waals surface area contributed by atoms with Crippen molar-refractivity contribution in [2.45, 2.75) is 44.8 Å². The van der Waals surface area contributed by atoms with Crippen molar-refractivity contribution in [3.63, 3.8) is 0 Å². The third-order valence-electron chi connectivity index (χ3n) is 2.03. The summed E-state index contributed by atoms with van der Waals surface area (Å²) in [6, 6.07) is 0. The highest BCUT2D eigenvalue weighted by atomic mass is 16.7. The Bertz CT molecular complexity index is 183. The zero-order valence-electron chi connectivity index (χ0n) is 7.87. The number of unbranched alkanes of at least 4 members (excludes halogenated alkanes) is 4. The molecule has 0 radical (unpaired) electrons. The normalized spacial score (nSPS) is 15.0. The predicted octanol–water partition coefficient (Wildman–Crippen LogP) is 2.80. The van der Waals surface area contributed by atoms with Crippen molar-refractivity contribution in [1.82, 2.24) is 0 Å². The van der Waals surface area contributed by atoms with Gasteiger partial charge in [0.15, 0.2) is 0 Å². The van der Waals surface area contributed by atoms with Crippen LogP contribution in [-0.2, 0) is 9.47 Å². The third kappa shape index (κ3) is 4.47. The molecule has 1 aliphatic heterocycles. The van der Waals surface area contributed by atoms with E-state index in [1.54, 1.807) is 12.5 Å². The van der Waals surface area contributed by atoms with Gasteiger partial charge in [-0.2, -0.15) is 0 Å². The summed E-state index contributed by atoms with van der Waals surface area (Å²) in [7, 11) is 0. The fraction of sp³-hybridized carbons (Fsp3) is 0.636. The first-order valence-corrected chi connectivity index (χ1v) is 4.83. The summed E-state index contributed by atoms with van der Waals surface area (Å²) in [5.41, 5.74) is 0. The van der Waals surface area contributed by atoms with Crippen LogP contribution in [0.4, 0.5) is 0 Å². The van der Waals surface area contributed by atoms with Crippen molar-refractivity contribution in [2.24, 2.45) is 0 Å². The van der Waals surface area contributed by atoms with Crippen LogP contribution in [0.25, 0.3) is 0 Å². The quantitative estimate of drug-likeness (QED) is 0.462. The van der Waals surface area contributed by atoms with Gasteiger partial charge in [-0.15, -0.1) is 12.3 Å². The summed E-state index contributed by atoms with van der Waals surface area (Å²) in [4.78, 5) is 0. The van der Waals surface area contributed by atoms with Crippen LogP contribution in [0.1, 0.15) is 38.5 Å². The van der Waals surface area contributed by atoms with E-state index in [1.165, 1.54) is 12.8 Å². The van der Waals surface area contributed by atoms with Gasteiger partial charge in [-0.1, -0.05) is 12.8 Å². The second kappa shape index (κ2) is 6.42. The molecule has 0 atom stereocenters. The van der Waals surface area contributed by atoms with Gasteiger partial charge in [0.05, 0.1) is 0 Å². The van der Waals surface area contributed by atoms with E-state index in [0.717, 1.165) is 25.7 Å². The summed E-state index contributed by atoms with van der Waals surface area (Å²) in [5, 5.41) is 0. The van der Waals surface area contributed by atoms with Crippen LogP contribution in [0, 0.1) is 12.3 Å². The molecule has 1 heterocycles. The fourth-order valence-electron chi connectivity index (χ4n) is 1.30. The Labute approximate surface area is 79.9 Å². The summed E-state index contributed by atoms with van der Waals surface area (Å²) >= 11 is 0. The largest absolute Gasteiger partial charge is 0.459 e. The average Bonchev–Trinajstić information content (AvgIpc) is 2.63. The van der Waals surface area contributed by atoms with E-state index in [1.807, 2.05) is 0 Å². The van der Waals surface area contributed by atoms with E-state index in [9.17, 15) is 0 Å². The fourth-order valence-corrected chi connectivity index (χ4v) is 1.30. The first-order valence-electron chi connectivity index (χ1n) is 4.83. The first kappa shape index (κ1) is 9.98. The lowest BCUT2D eigenvalue weighted by Crippen LogP contribution is -2.06. The predicted molar refractivity (Wildman–Crippen MR) is 51.6 cm³/mol. The number of terminal acetylenes is 1. The lowest BCUT2D eigenvalue weighted by molar-refractivity contribution is -0.0294. The zero-order chi connectivity index (χ0) is 9.36. The van der Waals surface area contributed by atoms with Crippen LogP contribution < -0.4 is 0 Å². The SMILES string of the molecule is C#CCCCCCCC1OC=CO1. The van der Waals surface area contributed by atoms with Gasteiger partial charge in [-0.25, -0.2) is 0 Å². The molecule has 0 N–H and O–H groups in total. The summed E-state index contributed by atoms with van der Waals surface area (Å²) in [6.07, 6.45) is 14.9. The Kier molecular flexibility index (Phi) is 4.93. The third-order valence-corrected chi connectivity index (χ3v) is 2.03. The molecule has 0 aromatic heterocycles. The second-order valence-corrected chi connectivity index (χ2v) is 3.13. The van der Waals surface area contributed by atoms with Crippen LogP contribution in [0.15, 0.2) is 12.5 Å². The minimum absolute atomic E-state index is 0.0346. The van der Waals surface area contributed by atoms with Gasteiger partial charge in [0.1, 0.15) is 12.5 Å². The minimum atomic E-state index is -0.0346. The maximum Gasteiger partial charge on any atom is 0.239 e. The molecular weight excluding hydrogens is 164 g/mol. The molecule has 0 saturated heterocycles. The van der Waals surface area contributed by atoms with E-state index in [-0.39, 0.29) is 6.29 Å². The molecule has 0 fully saturated rings. The van der Waals surface area contributed by atoms with Crippen molar-refractivity contribution in [2.75, 3.05) is 0 Å². The zero-order valence-corrected chi connectivity index (χ0v) is 7.87. The Hall–Kier alpha value is -1.10. The van der Waals surface area contributed by atoms with Crippen molar-refractivity contribution in [3.05, 3.63) is 12.5 Å². The Morgan fingerprint density at radius 3 is 2.46 bits per heavy atom. The molecule has 0 aliphatic carbocycles. The second-order valence-electron chi connectivity index (χ2n) is 3.13.